The lowest BCUT2D eigenvalue weighted by Gasteiger charge is -2.48. The predicted molar refractivity (Wildman–Crippen MR) is 87.1 cm³/mol. The zero-order chi connectivity index (χ0) is 14.6. The van der Waals surface area contributed by atoms with Crippen molar-refractivity contribution in [2.75, 3.05) is 0 Å². The molecule has 0 aromatic carbocycles. The van der Waals surface area contributed by atoms with Crippen LogP contribution in [0, 0.1) is 0 Å². The van der Waals surface area contributed by atoms with Gasteiger partial charge in [0.05, 0.1) is 6.17 Å². The molecular weight excluding hydrogens is 236 g/mol. The van der Waals surface area contributed by atoms with E-state index in [-0.39, 0.29) is 0 Å². The Balaban J connectivity index is 5.44. The summed E-state index contributed by atoms with van der Waals surface area (Å²) in [5.74, 6) is 0. The highest BCUT2D eigenvalue weighted by atomic mass is 28.1. The van der Waals surface area contributed by atoms with Crippen LogP contribution in [0.4, 0.5) is 0 Å². The zero-order valence-electron chi connectivity index (χ0n) is 14.0. The summed E-state index contributed by atoms with van der Waals surface area (Å²) >= 11 is 0. The summed E-state index contributed by atoms with van der Waals surface area (Å²) in [5, 5.41) is 1.37. The minimum absolute atomic E-state index is 0.386. The lowest BCUT2D eigenvalue weighted by Crippen LogP contribution is -2.58. The van der Waals surface area contributed by atoms with E-state index in [2.05, 4.69) is 71.8 Å². The average molecular weight is 271 g/mol. The van der Waals surface area contributed by atoms with Gasteiger partial charge in [0, 0.05) is 34.4 Å². The van der Waals surface area contributed by atoms with Gasteiger partial charge in [-0.15, -0.1) is 6.58 Å². The number of nitrogens with zero attached hydrogens (tertiary/aromatic N) is 2. The standard InChI is InChI=1S/C15H34N2Si/c1-10(2)16(11(3)4)15(14(9)18)17(12(5)6)13(7)8/h10-13,15H,9H2,1-8,18H3. The maximum atomic E-state index is 4.31. The molecule has 0 rings (SSSR count). The van der Waals surface area contributed by atoms with Crippen molar-refractivity contribution in [2.45, 2.75) is 85.7 Å². The summed E-state index contributed by atoms with van der Waals surface area (Å²) in [6.45, 7) is 22.6. The van der Waals surface area contributed by atoms with E-state index in [0.29, 0.717) is 30.3 Å². The van der Waals surface area contributed by atoms with Gasteiger partial charge in [0.15, 0.2) is 0 Å². The van der Waals surface area contributed by atoms with Gasteiger partial charge in [-0.2, -0.15) is 0 Å². The summed E-state index contributed by atoms with van der Waals surface area (Å²) < 4.78 is 0. The largest absolute Gasteiger partial charge is 0.280 e. The van der Waals surface area contributed by atoms with E-state index in [1.54, 1.807) is 0 Å². The topological polar surface area (TPSA) is 6.48 Å². The molecule has 0 fully saturated rings. The highest BCUT2D eigenvalue weighted by Gasteiger charge is 2.32. The highest BCUT2D eigenvalue weighted by Crippen LogP contribution is 2.23. The number of rotatable bonds is 7. The molecule has 0 spiro atoms. The first-order valence-electron chi connectivity index (χ1n) is 7.31. The van der Waals surface area contributed by atoms with Crippen LogP contribution in [0.15, 0.2) is 11.8 Å². The summed E-state index contributed by atoms with van der Waals surface area (Å²) in [6, 6.07) is 2.17. The normalized spacial score (nSPS) is 13.3. The van der Waals surface area contributed by atoms with Crippen LogP contribution in [-0.4, -0.2) is 50.4 Å². The van der Waals surface area contributed by atoms with Gasteiger partial charge < -0.3 is 0 Å². The summed E-state index contributed by atoms with van der Waals surface area (Å²) in [4.78, 5) is 5.19. The van der Waals surface area contributed by atoms with E-state index in [1.165, 1.54) is 5.20 Å². The number of hydrogen-bond donors (Lipinski definition) is 0. The van der Waals surface area contributed by atoms with Gasteiger partial charge in [-0.05, 0) is 55.4 Å². The summed E-state index contributed by atoms with van der Waals surface area (Å²) in [6.07, 6.45) is 0.386. The fraction of sp³-hybridized carbons (Fsp3) is 0.867. The first-order valence-corrected chi connectivity index (χ1v) is 8.31. The molecular formula is C15H34N2Si. The molecule has 3 heteroatoms. The van der Waals surface area contributed by atoms with Crippen LogP contribution >= 0.6 is 0 Å². The third kappa shape index (κ3) is 4.52. The Morgan fingerprint density at radius 1 is 0.722 bits per heavy atom. The third-order valence-electron chi connectivity index (χ3n) is 3.39. The van der Waals surface area contributed by atoms with Gasteiger partial charge in [0.2, 0.25) is 0 Å². The van der Waals surface area contributed by atoms with Gasteiger partial charge in [-0.3, -0.25) is 9.80 Å². The molecule has 0 aliphatic heterocycles. The van der Waals surface area contributed by atoms with Crippen LogP contribution in [0.25, 0.3) is 0 Å². The molecule has 0 bridgehead atoms. The molecule has 18 heavy (non-hydrogen) atoms. The Kier molecular flexibility index (Phi) is 7.41. The molecule has 2 nitrogen and oxygen atoms in total. The lowest BCUT2D eigenvalue weighted by atomic mass is 10.1. The van der Waals surface area contributed by atoms with Crippen LogP contribution in [0.1, 0.15) is 55.4 Å². The van der Waals surface area contributed by atoms with Crippen molar-refractivity contribution in [1.29, 1.82) is 0 Å². The fourth-order valence-corrected chi connectivity index (χ4v) is 3.58. The molecule has 0 atom stereocenters. The Morgan fingerprint density at radius 3 is 1.06 bits per heavy atom. The fourth-order valence-electron chi connectivity index (χ4n) is 2.99. The van der Waals surface area contributed by atoms with Crippen molar-refractivity contribution in [3.63, 3.8) is 0 Å². The van der Waals surface area contributed by atoms with Crippen molar-refractivity contribution >= 4 is 10.2 Å². The summed E-state index contributed by atoms with van der Waals surface area (Å²) in [7, 11) is 1.05. The average Bonchev–Trinajstić information content (AvgIpc) is 2.13. The second-order valence-corrected chi connectivity index (χ2v) is 7.77. The Morgan fingerprint density at radius 2 is 0.944 bits per heavy atom. The van der Waals surface area contributed by atoms with Crippen molar-refractivity contribution < 1.29 is 0 Å². The van der Waals surface area contributed by atoms with Crippen LogP contribution in [0.2, 0.25) is 0 Å². The molecule has 0 aromatic rings. The molecule has 0 aliphatic carbocycles. The van der Waals surface area contributed by atoms with Crippen molar-refractivity contribution in [2.24, 2.45) is 0 Å². The molecule has 108 valence electrons. The van der Waals surface area contributed by atoms with Gasteiger partial charge >= 0.3 is 0 Å². The highest BCUT2D eigenvalue weighted by molar-refractivity contribution is 6.21. The second kappa shape index (κ2) is 7.46. The van der Waals surface area contributed by atoms with E-state index in [1.807, 2.05) is 0 Å². The van der Waals surface area contributed by atoms with Crippen LogP contribution in [0.3, 0.4) is 0 Å². The van der Waals surface area contributed by atoms with Crippen LogP contribution in [-0.2, 0) is 0 Å². The maximum Gasteiger partial charge on any atom is 0.0805 e. The number of hydrogen-bond acceptors (Lipinski definition) is 2. The van der Waals surface area contributed by atoms with Gasteiger partial charge in [0.1, 0.15) is 0 Å². The quantitative estimate of drug-likeness (QED) is 0.518. The monoisotopic (exact) mass is 270 g/mol. The van der Waals surface area contributed by atoms with E-state index >= 15 is 0 Å². The predicted octanol–water partition coefficient (Wildman–Crippen LogP) is 2.43. The molecule has 0 saturated heterocycles. The zero-order valence-corrected chi connectivity index (χ0v) is 16.0. The molecule has 0 aromatic heterocycles. The molecule has 0 heterocycles. The third-order valence-corrected chi connectivity index (χ3v) is 3.91. The Bertz CT molecular complexity index is 223. The molecule has 0 unspecified atom stereocenters. The first-order chi connectivity index (χ1) is 8.11. The van der Waals surface area contributed by atoms with E-state index < -0.39 is 0 Å². The van der Waals surface area contributed by atoms with Crippen molar-refractivity contribution in [3.05, 3.63) is 11.8 Å². The smallest absolute Gasteiger partial charge is 0.0805 e. The molecule has 0 saturated carbocycles. The maximum absolute atomic E-state index is 4.31. The van der Waals surface area contributed by atoms with Crippen LogP contribution < -0.4 is 0 Å². The molecule has 0 aliphatic rings. The van der Waals surface area contributed by atoms with Gasteiger partial charge in [-0.25, -0.2) is 0 Å². The minimum Gasteiger partial charge on any atom is -0.280 e. The molecule has 0 amide bonds. The summed E-state index contributed by atoms with van der Waals surface area (Å²) in [5.41, 5.74) is 0. The van der Waals surface area contributed by atoms with E-state index in [0.717, 1.165) is 10.2 Å². The lowest BCUT2D eigenvalue weighted by molar-refractivity contribution is -0.00970. The SMILES string of the molecule is C=C([SiH3])C(N(C(C)C)C(C)C)N(C(C)C)C(C)C. The molecule has 0 radical (unpaired) electrons. The van der Waals surface area contributed by atoms with E-state index in [9.17, 15) is 0 Å². The van der Waals surface area contributed by atoms with Crippen molar-refractivity contribution in [1.82, 2.24) is 9.80 Å². The first kappa shape index (κ1) is 17.9. The van der Waals surface area contributed by atoms with Gasteiger partial charge in [0.25, 0.3) is 0 Å². The second-order valence-electron chi connectivity index (χ2n) is 6.49. The van der Waals surface area contributed by atoms with Gasteiger partial charge in [-0.1, -0.05) is 5.20 Å². The van der Waals surface area contributed by atoms with Crippen LogP contribution in [0.5, 0.6) is 0 Å². The molecule has 0 N–H and O–H groups in total. The Labute approximate surface area is 118 Å². The van der Waals surface area contributed by atoms with Crippen molar-refractivity contribution in [3.8, 4) is 0 Å². The Hall–Kier alpha value is -0.123. The minimum atomic E-state index is 0.386. The van der Waals surface area contributed by atoms with E-state index in [4.69, 9.17) is 0 Å².